The smallest absolute Gasteiger partial charge is 0.248 e. The molecule has 2 aromatic rings. The molecule has 0 spiro atoms. The van der Waals surface area contributed by atoms with Crippen molar-refractivity contribution >= 4 is 17.6 Å². The number of likely N-dealkylation sites (N-methyl/N-ethyl adjacent to an activating group) is 1. The van der Waals surface area contributed by atoms with Gasteiger partial charge < -0.3 is 20.5 Å². The summed E-state index contributed by atoms with van der Waals surface area (Å²) in [7, 11) is 1.86. The number of amides is 2. The van der Waals surface area contributed by atoms with Gasteiger partial charge in [0.1, 0.15) is 17.7 Å². The standard InChI is InChI=1S/C21H29F2N5O2/c1-5-6-17(26-19(29)9-14-7-15(22)10-16(23)8-14)20(30)27-18-11-28(13-25-18)21(2,3)12-24-4/h7-8,10-11,13,17,24H,5-6,9,12H2,1-4H3,(H,26,29)(H,27,30)/t17-/m0/s1. The van der Waals surface area contributed by atoms with Crippen molar-refractivity contribution in [3.05, 3.63) is 47.9 Å². The van der Waals surface area contributed by atoms with Crippen LogP contribution in [0.5, 0.6) is 0 Å². The Kier molecular flexibility index (Phi) is 8.05. The normalized spacial score (nSPS) is 12.5. The van der Waals surface area contributed by atoms with Crippen molar-refractivity contribution in [3.8, 4) is 0 Å². The van der Waals surface area contributed by atoms with E-state index in [-0.39, 0.29) is 17.5 Å². The van der Waals surface area contributed by atoms with Gasteiger partial charge in [-0.05, 0) is 45.0 Å². The summed E-state index contributed by atoms with van der Waals surface area (Å²) in [4.78, 5) is 29.2. The van der Waals surface area contributed by atoms with E-state index in [4.69, 9.17) is 0 Å². The molecule has 0 saturated carbocycles. The number of halogens is 2. The lowest BCUT2D eigenvalue weighted by molar-refractivity contribution is -0.126. The molecule has 164 valence electrons. The Bertz CT molecular complexity index is 862. The highest BCUT2D eigenvalue weighted by Crippen LogP contribution is 2.17. The molecule has 3 N–H and O–H groups in total. The summed E-state index contributed by atoms with van der Waals surface area (Å²) in [5.41, 5.74) is -0.0340. The van der Waals surface area contributed by atoms with Gasteiger partial charge >= 0.3 is 0 Å². The molecule has 0 unspecified atom stereocenters. The molecule has 0 bridgehead atoms. The van der Waals surface area contributed by atoms with Gasteiger partial charge in [-0.2, -0.15) is 0 Å². The second-order valence-electron chi connectivity index (χ2n) is 7.86. The van der Waals surface area contributed by atoms with Crippen LogP contribution >= 0.6 is 0 Å². The van der Waals surface area contributed by atoms with Crippen LogP contribution in [-0.4, -0.2) is 41.0 Å². The first-order chi connectivity index (χ1) is 14.1. The maximum Gasteiger partial charge on any atom is 0.248 e. The number of aromatic nitrogens is 2. The number of anilines is 1. The fraction of sp³-hybridized carbons (Fsp3) is 0.476. The molecule has 2 amide bonds. The molecule has 30 heavy (non-hydrogen) atoms. The Labute approximate surface area is 175 Å². The minimum Gasteiger partial charge on any atom is -0.344 e. The molecule has 1 atom stereocenters. The van der Waals surface area contributed by atoms with Crippen LogP contribution in [0.4, 0.5) is 14.6 Å². The molecular formula is C21H29F2N5O2. The molecule has 0 aliphatic heterocycles. The monoisotopic (exact) mass is 421 g/mol. The molecular weight excluding hydrogens is 392 g/mol. The topological polar surface area (TPSA) is 88.0 Å². The summed E-state index contributed by atoms with van der Waals surface area (Å²) < 4.78 is 28.5. The first-order valence-corrected chi connectivity index (χ1v) is 9.89. The molecule has 0 saturated heterocycles. The second kappa shape index (κ2) is 10.3. The molecule has 0 radical (unpaired) electrons. The number of benzene rings is 1. The van der Waals surface area contributed by atoms with Crippen LogP contribution in [0.25, 0.3) is 0 Å². The van der Waals surface area contributed by atoms with Crippen LogP contribution in [0.15, 0.2) is 30.7 Å². The highest BCUT2D eigenvalue weighted by Gasteiger charge is 2.23. The summed E-state index contributed by atoms with van der Waals surface area (Å²) in [5.74, 6) is -2.01. The van der Waals surface area contributed by atoms with Gasteiger partial charge in [-0.3, -0.25) is 9.59 Å². The van der Waals surface area contributed by atoms with E-state index >= 15 is 0 Å². The Balaban J connectivity index is 2.02. The molecule has 0 aliphatic rings. The van der Waals surface area contributed by atoms with Gasteiger partial charge in [-0.1, -0.05) is 13.3 Å². The first-order valence-electron chi connectivity index (χ1n) is 9.89. The molecule has 9 heteroatoms. The van der Waals surface area contributed by atoms with Crippen molar-refractivity contribution in [2.75, 3.05) is 18.9 Å². The number of nitrogens with one attached hydrogen (secondary N) is 3. The van der Waals surface area contributed by atoms with E-state index in [1.807, 2.05) is 32.4 Å². The molecule has 2 rings (SSSR count). The first kappa shape index (κ1) is 23.5. The minimum absolute atomic E-state index is 0.200. The lowest BCUT2D eigenvalue weighted by Gasteiger charge is -2.25. The van der Waals surface area contributed by atoms with E-state index in [9.17, 15) is 18.4 Å². The lowest BCUT2D eigenvalue weighted by Crippen LogP contribution is -2.44. The van der Waals surface area contributed by atoms with Gasteiger partial charge in [-0.25, -0.2) is 13.8 Å². The number of hydrogen-bond acceptors (Lipinski definition) is 4. The third-order valence-corrected chi connectivity index (χ3v) is 4.66. The molecule has 1 heterocycles. The quantitative estimate of drug-likeness (QED) is 0.550. The summed E-state index contributed by atoms with van der Waals surface area (Å²) in [5, 5.41) is 8.47. The highest BCUT2D eigenvalue weighted by atomic mass is 19.1. The van der Waals surface area contributed by atoms with Crippen molar-refractivity contribution in [2.45, 2.75) is 51.6 Å². The third kappa shape index (κ3) is 6.62. The van der Waals surface area contributed by atoms with Gasteiger partial charge in [0.15, 0.2) is 5.82 Å². The predicted octanol–water partition coefficient (Wildman–Crippen LogP) is 2.58. The Morgan fingerprint density at radius 2 is 1.87 bits per heavy atom. The van der Waals surface area contributed by atoms with Crippen LogP contribution in [0.1, 0.15) is 39.2 Å². The molecule has 1 aromatic carbocycles. The average Bonchev–Trinajstić information content (AvgIpc) is 3.09. The third-order valence-electron chi connectivity index (χ3n) is 4.66. The Morgan fingerprint density at radius 1 is 1.20 bits per heavy atom. The zero-order chi connectivity index (χ0) is 22.3. The number of rotatable bonds is 10. The van der Waals surface area contributed by atoms with E-state index in [2.05, 4.69) is 20.9 Å². The van der Waals surface area contributed by atoms with Crippen molar-refractivity contribution in [3.63, 3.8) is 0 Å². The summed E-state index contributed by atoms with van der Waals surface area (Å²) >= 11 is 0. The molecule has 0 aliphatic carbocycles. The summed E-state index contributed by atoms with van der Waals surface area (Å²) in [6, 6.07) is 2.15. The lowest BCUT2D eigenvalue weighted by atomic mass is 10.1. The SMILES string of the molecule is CCC[C@H](NC(=O)Cc1cc(F)cc(F)c1)C(=O)Nc1cn(C(C)(C)CNC)cn1. The van der Waals surface area contributed by atoms with Gasteiger partial charge in [-0.15, -0.1) is 0 Å². The predicted molar refractivity (Wildman–Crippen MR) is 111 cm³/mol. The molecule has 1 aromatic heterocycles. The Hall–Kier alpha value is -2.81. The Morgan fingerprint density at radius 3 is 2.47 bits per heavy atom. The summed E-state index contributed by atoms with van der Waals surface area (Å²) in [6.45, 7) is 6.67. The summed E-state index contributed by atoms with van der Waals surface area (Å²) in [6.07, 6.45) is 4.22. The van der Waals surface area contributed by atoms with Crippen LogP contribution in [0.2, 0.25) is 0 Å². The van der Waals surface area contributed by atoms with E-state index in [1.165, 1.54) is 0 Å². The fourth-order valence-electron chi connectivity index (χ4n) is 3.16. The van der Waals surface area contributed by atoms with Crippen LogP contribution in [-0.2, 0) is 21.5 Å². The van der Waals surface area contributed by atoms with E-state index in [1.54, 1.807) is 12.5 Å². The zero-order valence-corrected chi connectivity index (χ0v) is 17.8. The van der Waals surface area contributed by atoms with E-state index in [0.29, 0.717) is 25.2 Å². The molecule has 7 nitrogen and oxygen atoms in total. The maximum absolute atomic E-state index is 13.3. The zero-order valence-electron chi connectivity index (χ0n) is 17.8. The minimum atomic E-state index is -0.781. The molecule has 0 fully saturated rings. The van der Waals surface area contributed by atoms with Crippen molar-refractivity contribution < 1.29 is 18.4 Å². The van der Waals surface area contributed by atoms with Crippen LogP contribution < -0.4 is 16.0 Å². The number of carbonyl (C=O) groups excluding carboxylic acids is 2. The number of nitrogens with zero attached hydrogens (tertiary/aromatic N) is 2. The van der Waals surface area contributed by atoms with Gasteiger partial charge in [0.05, 0.1) is 18.3 Å². The fourth-order valence-corrected chi connectivity index (χ4v) is 3.16. The van der Waals surface area contributed by atoms with Crippen LogP contribution in [0, 0.1) is 11.6 Å². The van der Waals surface area contributed by atoms with Gasteiger partial charge in [0, 0.05) is 18.8 Å². The highest BCUT2D eigenvalue weighted by molar-refractivity contribution is 5.96. The van der Waals surface area contributed by atoms with Crippen molar-refractivity contribution in [1.82, 2.24) is 20.2 Å². The second-order valence-corrected chi connectivity index (χ2v) is 7.86. The number of hydrogen-bond donors (Lipinski definition) is 3. The van der Waals surface area contributed by atoms with Crippen LogP contribution in [0.3, 0.4) is 0 Å². The van der Waals surface area contributed by atoms with E-state index in [0.717, 1.165) is 18.2 Å². The average molecular weight is 421 g/mol. The van der Waals surface area contributed by atoms with Crippen molar-refractivity contribution in [2.24, 2.45) is 0 Å². The van der Waals surface area contributed by atoms with E-state index < -0.39 is 29.5 Å². The number of imidazole rings is 1. The van der Waals surface area contributed by atoms with Gasteiger partial charge in [0.25, 0.3) is 0 Å². The number of carbonyl (C=O) groups is 2. The van der Waals surface area contributed by atoms with Gasteiger partial charge in [0.2, 0.25) is 11.8 Å². The van der Waals surface area contributed by atoms with Crippen molar-refractivity contribution in [1.29, 1.82) is 0 Å². The maximum atomic E-state index is 13.3. The largest absolute Gasteiger partial charge is 0.344 e.